The number of carbonyl (C=O) groups is 3. The van der Waals surface area contributed by atoms with Gasteiger partial charge in [0.15, 0.2) is 17.5 Å². The van der Waals surface area contributed by atoms with Gasteiger partial charge in [-0.25, -0.2) is 0 Å². The maximum Gasteiger partial charge on any atom is 0.323 e. The number of hydrogen-bond donors (Lipinski definition) is 2. The van der Waals surface area contributed by atoms with Crippen LogP contribution in [0.4, 0.5) is 0 Å². The summed E-state index contributed by atoms with van der Waals surface area (Å²) in [4.78, 5) is 46.3. The van der Waals surface area contributed by atoms with Gasteiger partial charge in [-0.05, 0) is 46.0 Å². The largest absolute Gasteiger partial charge is 0.460 e. The Hall–Kier alpha value is -0.690. The summed E-state index contributed by atoms with van der Waals surface area (Å²) in [6.07, 6.45) is -1.33. The van der Waals surface area contributed by atoms with Crippen molar-refractivity contribution < 1.29 is 55.2 Å². The van der Waals surface area contributed by atoms with E-state index in [1.807, 2.05) is 44.3 Å². The molecule has 0 amide bonds. The van der Waals surface area contributed by atoms with Crippen molar-refractivity contribution in [1.29, 1.82) is 0 Å². The third-order valence-corrected chi connectivity index (χ3v) is 13.9. The van der Waals surface area contributed by atoms with E-state index >= 15 is 0 Å². The molecule has 0 radical (unpaired) electrons. The first kappa shape index (κ1) is 50.3. The van der Waals surface area contributed by atoms with Gasteiger partial charge in [-0.15, -0.1) is 31.4 Å². The van der Waals surface area contributed by atoms with Gasteiger partial charge in [0, 0.05) is 66.9 Å². The first-order valence-electron chi connectivity index (χ1n) is 16.8. The average molecular weight is 810 g/mol. The Morgan fingerprint density at radius 3 is 1.80 bits per heavy atom. The van der Waals surface area contributed by atoms with E-state index in [1.165, 1.54) is 6.08 Å². The van der Waals surface area contributed by atoms with Crippen LogP contribution in [-0.2, 0) is 28.6 Å². The first-order chi connectivity index (χ1) is 21.5. The maximum atomic E-state index is 14.6. The molecule has 0 spiro atoms. The predicted octanol–water partition coefficient (Wildman–Crippen LogP) is 1.30. The predicted molar refractivity (Wildman–Crippen MR) is 205 cm³/mol. The number of nitrogens with zero attached hydrogens (tertiary/aromatic N) is 2. The Morgan fingerprint density at radius 1 is 0.902 bits per heavy atom. The molecule has 2 aliphatic carbocycles. The number of rotatable bonds is 7. The number of fused-ring (bicyclic) bond motifs is 3. The molecular formula is C34H62Cl2N2O11S2. The van der Waals surface area contributed by atoms with E-state index in [0.29, 0.717) is 12.8 Å². The summed E-state index contributed by atoms with van der Waals surface area (Å²) in [5, 5.41) is 25.6. The lowest BCUT2D eigenvalue weighted by Crippen LogP contribution is -2.87. The van der Waals surface area contributed by atoms with Gasteiger partial charge in [-0.1, -0.05) is 26.8 Å². The lowest BCUT2D eigenvalue weighted by Gasteiger charge is -2.71. The molecule has 3 heterocycles. The Bertz CT molecular complexity index is 1230. The number of Topliss-reactive ketones (excluding diaryl/α,β-unsaturated/α-hetero) is 1. The zero-order valence-electron chi connectivity index (χ0n) is 30.9. The van der Waals surface area contributed by atoms with E-state index in [4.69, 9.17) is 14.2 Å². The molecule has 0 bridgehead atoms. The molecule has 0 aromatic heterocycles. The fourth-order valence-corrected chi connectivity index (χ4v) is 11.2. The molecule has 3 saturated heterocycles. The summed E-state index contributed by atoms with van der Waals surface area (Å²) in [6.45, 7) is 19.5. The van der Waals surface area contributed by atoms with Crippen molar-refractivity contribution in [2.24, 2.45) is 16.7 Å². The maximum absolute atomic E-state index is 14.6. The van der Waals surface area contributed by atoms with Crippen LogP contribution in [0.15, 0.2) is 12.7 Å². The van der Waals surface area contributed by atoms with Crippen molar-refractivity contribution in [2.75, 3.05) is 49.2 Å². The quantitative estimate of drug-likeness (QED) is 0.275. The van der Waals surface area contributed by atoms with Crippen LogP contribution in [0, 0.1) is 16.7 Å². The van der Waals surface area contributed by atoms with Gasteiger partial charge in [0.2, 0.25) is 0 Å². The zero-order chi connectivity index (χ0) is 33.9. The van der Waals surface area contributed by atoms with Crippen LogP contribution in [0.5, 0.6) is 0 Å². The monoisotopic (exact) mass is 808 g/mol. The normalized spacial score (nSPS) is 38.8. The van der Waals surface area contributed by atoms with E-state index in [1.54, 1.807) is 27.7 Å². The van der Waals surface area contributed by atoms with Crippen LogP contribution >= 0.6 is 48.3 Å². The molecule has 0 aromatic carbocycles. The standard InChI is InChI=1S/C34H54N2O8S2.2ClH.3H2O/c1-9-31(6)20-23(37)34(41)32(7)24(42-28(39)21(2)35-12-16-45-17-13-35)10-11-30(4,5)26(32)25(38)27(33(34,8)44-31)43-29(40)22(3)36-14-18-46-19-15-36;;;;;/h9,21-22,24-27,38,41H,1,10-20H2,2-8H3;2*1H;3*1H2/t21?,22?,24-,25-,26-,27-,31-,32-,33+,34-;;;;;/m0...../s1. The van der Waals surface area contributed by atoms with Crippen molar-refractivity contribution in [3.8, 4) is 0 Å². The lowest BCUT2D eigenvalue weighted by atomic mass is 9.39. The molecule has 13 nitrogen and oxygen atoms in total. The second-order valence-corrected chi connectivity index (χ2v) is 17.7. The molecule has 17 heteroatoms. The zero-order valence-corrected chi connectivity index (χ0v) is 34.2. The average Bonchev–Trinajstić information content (AvgIpc) is 3.02. The van der Waals surface area contributed by atoms with Crippen LogP contribution in [0.3, 0.4) is 0 Å². The summed E-state index contributed by atoms with van der Waals surface area (Å²) in [5.74, 6) is 1.41. The molecule has 5 rings (SSSR count). The number of ketones is 1. The molecule has 51 heavy (non-hydrogen) atoms. The highest BCUT2D eigenvalue weighted by Gasteiger charge is 2.82. The Labute approximate surface area is 323 Å². The second-order valence-electron chi connectivity index (χ2n) is 15.2. The van der Waals surface area contributed by atoms with E-state index in [9.17, 15) is 24.6 Å². The number of esters is 2. The van der Waals surface area contributed by atoms with Crippen molar-refractivity contribution >= 4 is 66.1 Å². The smallest absolute Gasteiger partial charge is 0.323 e. The van der Waals surface area contributed by atoms with E-state index in [2.05, 4.69) is 16.4 Å². The van der Waals surface area contributed by atoms with E-state index in [0.717, 1.165) is 49.2 Å². The number of thioether (sulfide) groups is 2. The Balaban J connectivity index is 0.00000500. The minimum Gasteiger partial charge on any atom is -0.460 e. The third kappa shape index (κ3) is 8.30. The third-order valence-electron chi connectivity index (χ3n) is 12.1. The van der Waals surface area contributed by atoms with Crippen LogP contribution in [0.2, 0.25) is 0 Å². The molecule has 2 unspecified atom stereocenters. The molecule has 0 aromatic rings. The number of aliphatic hydroxyl groups excluding tert-OH is 1. The molecule has 300 valence electrons. The number of aliphatic hydroxyl groups is 2. The first-order valence-corrected chi connectivity index (χ1v) is 19.1. The number of ether oxygens (including phenoxy) is 3. The summed E-state index contributed by atoms with van der Waals surface area (Å²) in [7, 11) is 0. The molecule has 5 fully saturated rings. The fourth-order valence-electron chi connectivity index (χ4n) is 9.33. The minimum atomic E-state index is -2.28. The summed E-state index contributed by atoms with van der Waals surface area (Å²) >= 11 is 3.68. The highest BCUT2D eigenvalue weighted by molar-refractivity contribution is 7.99. The summed E-state index contributed by atoms with van der Waals surface area (Å²) in [5.41, 5.74) is -7.47. The molecule has 2 saturated carbocycles. The van der Waals surface area contributed by atoms with Crippen molar-refractivity contribution in [1.82, 2.24) is 9.80 Å². The van der Waals surface area contributed by atoms with Gasteiger partial charge in [0.25, 0.3) is 0 Å². The SMILES string of the molecule is C=C[C@@]1(C)CC(=O)[C@]2(O)[C@@]3(C)[C@@H](OC(=O)C(C)N4CCSCC4)CCC(C)(C)[C@@H]3[C@H](O)[C@H](OC(=O)C(C)N3CCSCC3)[C@@]2(C)O1.Cl.Cl.O.O.O. The van der Waals surface area contributed by atoms with Gasteiger partial charge in [-0.2, -0.15) is 23.5 Å². The summed E-state index contributed by atoms with van der Waals surface area (Å²) in [6, 6.07) is -1.09. The molecule has 10 atom stereocenters. The fraction of sp³-hybridized carbons (Fsp3) is 0.853. The number of carbonyl (C=O) groups excluding carboxylic acids is 3. The van der Waals surface area contributed by atoms with Crippen LogP contribution < -0.4 is 0 Å². The van der Waals surface area contributed by atoms with Crippen molar-refractivity contribution in [2.45, 2.75) is 115 Å². The van der Waals surface area contributed by atoms with Gasteiger partial charge < -0.3 is 40.9 Å². The van der Waals surface area contributed by atoms with Crippen LogP contribution in [0.1, 0.15) is 67.7 Å². The van der Waals surface area contributed by atoms with Gasteiger partial charge >= 0.3 is 11.9 Å². The minimum absolute atomic E-state index is 0. The highest BCUT2D eigenvalue weighted by atomic mass is 35.5. The molecule has 5 aliphatic rings. The van der Waals surface area contributed by atoms with Gasteiger partial charge in [0.1, 0.15) is 23.8 Å². The number of halogens is 2. The van der Waals surface area contributed by atoms with Crippen molar-refractivity contribution in [3.05, 3.63) is 12.7 Å². The topological polar surface area (TPSA) is 220 Å². The van der Waals surface area contributed by atoms with Gasteiger partial charge in [0.05, 0.1) is 11.7 Å². The number of hydrogen-bond acceptors (Lipinski definition) is 12. The molecule has 8 N–H and O–H groups in total. The van der Waals surface area contributed by atoms with Crippen LogP contribution in [-0.4, -0.2) is 151 Å². The second kappa shape index (κ2) is 18.3. The lowest BCUT2D eigenvalue weighted by molar-refractivity contribution is -0.371. The van der Waals surface area contributed by atoms with Crippen molar-refractivity contribution in [3.63, 3.8) is 0 Å². The summed E-state index contributed by atoms with van der Waals surface area (Å²) < 4.78 is 19.3. The van der Waals surface area contributed by atoms with Crippen LogP contribution in [0.25, 0.3) is 0 Å². The van der Waals surface area contributed by atoms with E-state index in [-0.39, 0.29) is 47.7 Å². The molecular weight excluding hydrogens is 747 g/mol. The van der Waals surface area contributed by atoms with Gasteiger partial charge in [-0.3, -0.25) is 24.2 Å². The van der Waals surface area contributed by atoms with E-state index < -0.39 is 81.7 Å². The highest BCUT2D eigenvalue weighted by Crippen LogP contribution is 2.67. The molecule has 3 aliphatic heterocycles. The Kier molecular flexibility index (Phi) is 18.0. The Morgan fingerprint density at radius 2 is 1.35 bits per heavy atom.